The Labute approximate surface area is 179 Å². The molecule has 1 aliphatic heterocycles. The van der Waals surface area contributed by atoms with Crippen LogP contribution >= 0.6 is 0 Å². The van der Waals surface area contributed by atoms with Gasteiger partial charge in [-0.05, 0) is 50.6 Å². The molecule has 5 nitrogen and oxygen atoms in total. The highest BCUT2D eigenvalue weighted by Crippen LogP contribution is 2.29. The molecule has 1 aliphatic carbocycles. The van der Waals surface area contributed by atoms with Crippen LogP contribution < -0.4 is 5.56 Å². The van der Waals surface area contributed by atoms with Crippen molar-refractivity contribution in [1.82, 2.24) is 14.4 Å². The van der Waals surface area contributed by atoms with Crippen LogP contribution in [0.2, 0.25) is 0 Å². The van der Waals surface area contributed by atoms with Crippen LogP contribution in [0.25, 0.3) is 10.9 Å². The van der Waals surface area contributed by atoms with Gasteiger partial charge < -0.3 is 9.47 Å². The molecule has 2 aromatic rings. The molecule has 1 atom stereocenters. The molecule has 4 rings (SSSR count). The van der Waals surface area contributed by atoms with E-state index in [-0.39, 0.29) is 23.4 Å². The van der Waals surface area contributed by atoms with E-state index in [9.17, 15) is 9.59 Å². The Bertz CT molecular complexity index is 959. The summed E-state index contributed by atoms with van der Waals surface area (Å²) in [6.07, 6.45) is 6.50. The molecule has 0 N–H and O–H groups in total. The van der Waals surface area contributed by atoms with Crippen molar-refractivity contribution in [2.45, 2.75) is 71.0 Å². The van der Waals surface area contributed by atoms with Crippen LogP contribution in [0.4, 0.5) is 0 Å². The van der Waals surface area contributed by atoms with Gasteiger partial charge in [-0.15, -0.1) is 0 Å². The summed E-state index contributed by atoms with van der Waals surface area (Å²) < 4.78 is 1.73. The number of likely N-dealkylation sites (tertiary alicyclic amines) is 1. The minimum absolute atomic E-state index is 0.00820. The largest absolute Gasteiger partial charge is 0.334 e. The highest BCUT2D eigenvalue weighted by atomic mass is 16.2. The first-order chi connectivity index (χ1) is 14.5. The molecule has 1 aromatic carbocycles. The van der Waals surface area contributed by atoms with Crippen LogP contribution in [-0.2, 0) is 18.4 Å². The van der Waals surface area contributed by atoms with Crippen LogP contribution in [0.5, 0.6) is 0 Å². The number of aromatic nitrogens is 1. The van der Waals surface area contributed by atoms with Gasteiger partial charge in [0.2, 0.25) is 5.91 Å². The topological polar surface area (TPSA) is 45.5 Å². The lowest BCUT2D eigenvalue weighted by Gasteiger charge is -2.34. The van der Waals surface area contributed by atoms with Gasteiger partial charge in [0.25, 0.3) is 5.56 Å². The van der Waals surface area contributed by atoms with Crippen molar-refractivity contribution in [3.63, 3.8) is 0 Å². The van der Waals surface area contributed by atoms with E-state index in [1.807, 2.05) is 37.4 Å². The van der Waals surface area contributed by atoms with Crippen molar-refractivity contribution >= 4 is 16.8 Å². The molecule has 0 unspecified atom stereocenters. The fourth-order valence-corrected chi connectivity index (χ4v) is 5.25. The summed E-state index contributed by atoms with van der Waals surface area (Å²) in [5, 5.41) is 1.05. The molecule has 2 heterocycles. The molecule has 2 fully saturated rings. The number of benzene rings is 1. The molecular formula is C25H35N3O2. The van der Waals surface area contributed by atoms with Crippen molar-refractivity contribution < 1.29 is 4.79 Å². The van der Waals surface area contributed by atoms with E-state index in [2.05, 4.69) is 23.6 Å². The lowest BCUT2D eigenvalue weighted by Crippen LogP contribution is -2.46. The maximum Gasteiger partial charge on any atom is 0.255 e. The van der Waals surface area contributed by atoms with E-state index in [0.717, 1.165) is 61.7 Å². The summed E-state index contributed by atoms with van der Waals surface area (Å²) >= 11 is 0. The van der Waals surface area contributed by atoms with Crippen LogP contribution in [0.15, 0.2) is 35.1 Å². The van der Waals surface area contributed by atoms with Crippen LogP contribution in [0.1, 0.15) is 57.9 Å². The quantitative estimate of drug-likeness (QED) is 0.752. The summed E-state index contributed by atoms with van der Waals surface area (Å²) in [4.78, 5) is 31.3. The first kappa shape index (κ1) is 21.1. The molecule has 0 spiro atoms. The molecule has 1 saturated heterocycles. The highest BCUT2D eigenvalue weighted by Gasteiger charge is 2.35. The summed E-state index contributed by atoms with van der Waals surface area (Å²) in [7, 11) is 1.83. The van der Waals surface area contributed by atoms with Crippen LogP contribution in [0.3, 0.4) is 0 Å². The number of fused-ring (bicyclic) bond motifs is 1. The van der Waals surface area contributed by atoms with Gasteiger partial charge >= 0.3 is 0 Å². The number of para-hydroxylation sites is 1. The number of amides is 1. The average molecular weight is 410 g/mol. The monoisotopic (exact) mass is 409 g/mol. The molecule has 5 heteroatoms. The fraction of sp³-hybridized carbons (Fsp3) is 0.600. The van der Waals surface area contributed by atoms with Crippen molar-refractivity contribution in [1.29, 1.82) is 0 Å². The predicted molar refractivity (Wildman–Crippen MR) is 121 cm³/mol. The zero-order valence-electron chi connectivity index (χ0n) is 18.6. The minimum Gasteiger partial charge on any atom is -0.334 e. The number of rotatable bonds is 5. The molecular weight excluding hydrogens is 374 g/mol. The van der Waals surface area contributed by atoms with Crippen molar-refractivity contribution in [2.75, 3.05) is 13.1 Å². The molecule has 162 valence electrons. The van der Waals surface area contributed by atoms with Crippen molar-refractivity contribution in [3.8, 4) is 0 Å². The summed E-state index contributed by atoms with van der Waals surface area (Å²) in [5.41, 5.74) is 1.67. The number of carbonyl (C=O) groups excluding carboxylic acids is 1. The van der Waals surface area contributed by atoms with Gasteiger partial charge in [-0.25, -0.2) is 0 Å². The van der Waals surface area contributed by atoms with Crippen LogP contribution in [0, 0.1) is 5.92 Å². The number of hydrogen-bond donors (Lipinski definition) is 0. The number of hydrogen-bond acceptors (Lipinski definition) is 3. The van der Waals surface area contributed by atoms with Gasteiger partial charge in [0.15, 0.2) is 0 Å². The van der Waals surface area contributed by atoms with Gasteiger partial charge in [-0.3, -0.25) is 14.5 Å². The smallest absolute Gasteiger partial charge is 0.255 e. The summed E-state index contributed by atoms with van der Waals surface area (Å²) in [6, 6.07) is 10.6. The fourth-order valence-electron chi connectivity index (χ4n) is 5.25. The molecule has 30 heavy (non-hydrogen) atoms. The summed E-state index contributed by atoms with van der Waals surface area (Å²) in [5.74, 6) is 0.386. The molecule has 0 bridgehead atoms. The van der Waals surface area contributed by atoms with Crippen molar-refractivity contribution in [3.05, 3.63) is 46.2 Å². The van der Waals surface area contributed by atoms with Crippen LogP contribution in [-0.4, -0.2) is 45.4 Å². The van der Waals surface area contributed by atoms with Gasteiger partial charge in [0.1, 0.15) is 0 Å². The lowest BCUT2D eigenvalue weighted by molar-refractivity contribution is -0.139. The second-order valence-electron chi connectivity index (χ2n) is 9.42. The van der Waals surface area contributed by atoms with E-state index in [0.29, 0.717) is 12.6 Å². The first-order valence-corrected chi connectivity index (χ1v) is 11.6. The SMILES string of the molecule is CC(C)N1CC[C@@H](N(Cc2cc3ccccc3n(C)c2=O)C(=O)C2CCCCC2)C1. The van der Waals surface area contributed by atoms with Gasteiger partial charge in [-0.2, -0.15) is 0 Å². The number of aryl methyl sites for hydroxylation is 1. The lowest BCUT2D eigenvalue weighted by atomic mass is 9.87. The Hall–Kier alpha value is -2.14. The third-order valence-electron chi connectivity index (χ3n) is 7.15. The molecule has 1 aromatic heterocycles. The Kier molecular flexibility index (Phi) is 6.28. The Morgan fingerprint density at radius 2 is 1.87 bits per heavy atom. The molecule has 1 amide bonds. The highest BCUT2D eigenvalue weighted by molar-refractivity contribution is 5.81. The Balaban J connectivity index is 1.66. The predicted octanol–water partition coefficient (Wildman–Crippen LogP) is 3.93. The molecule has 0 radical (unpaired) electrons. The third kappa shape index (κ3) is 4.18. The second-order valence-corrected chi connectivity index (χ2v) is 9.42. The van der Waals surface area contributed by atoms with Gasteiger partial charge in [0, 0.05) is 43.7 Å². The van der Waals surface area contributed by atoms with Crippen molar-refractivity contribution in [2.24, 2.45) is 13.0 Å². The molecule has 1 saturated carbocycles. The Morgan fingerprint density at radius 3 is 2.57 bits per heavy atom. The third-order valence-corrected chi connectivity index (χ3v) is 7.15. The van der Waals surface area contributed by atoms with E-state index in [1.54, 1.807) is 4.57 Å². The van der Waals surface area contributed by atoms with Gasteiger partial charge in [-0.1, -0.05) is 37.5 Å². The van der Waals surface area contributed by atoms with E-state index < -0.39 is 0 Å². The van der Waals surface area contributed by atoms with E-state index in [4.69, 9.17) is 0 Å². The maximum atomic E-state index is 13.6. The zero-order chi connectivity index (χ0) is 21.3. The number of nitrogens with zero attached hydrogens (tertiary/aromatic N) is 3. The average Bonchev–Trinajstić information content (AvgIpc) is 3.26. The first-order valence-electron chi connectivity index (χ1n) is 11.6. The zero-order valence-corrected chi connectivity index (χ0v) is 18.6. The molecule has 2 aliphatic rings. The standard InChI is InChI=1S/C25H35N3O2/c1-18(2)27-14-13-22(17-27)28(25(30)19-9-5-4-6-10-19)16-21-15-20-11-7-8-12-23(20)26(3)24(21)29/h7-8,11-12,15,18-19,22H,4-6,9-10,13-14,16-17H2,1-3H3/t22-/m1/s1. The van der Waals surface area contributed by atoms with E-state index in [1.165, 1.54) is 6.42 Å². The van der Waals surface area contributed by atoms with Gasteiger partial charge in [0.05, 0.1) is 12.1 Å². The number of pyridine rings is 1. The minimum atomic E-state index is 0.00820. The normalized spacial score (nSPS) is 20.9. The maximum absolute atomic E-state index is 13.6. The van der Waals surface area contributed by atoms with E-state index >= 15 is 0 Å². The number of carbonyl (C=O) groups is 1. The second kappa shape index (κ2) is 8.93. The Morgan fingerprint density at radius 1 is 1.13 bits per heavy atom. The summed E-state index contributed by atoms with van der Waals surface area (Å²) in [6.45, 7) is 6.78.